The molecule has 0 saturated carbocycles. The van der Waals surface area contributed by atoms with Crippen LogP contribution < -0.4 is 0 Å². The van der Waals surface area contributed by atoms with E-state index in [4.69, 9.17) is 9.47 Å². The lowest BCUT2D eigenvalue weighted by Gasteiger charge is -2.08. The summed E-state index contributed by atoms with van der Waals surface area (Å²) in [7, 11) is 0. The van der Waals surface area contributed by atoms with E-state index in [-0.39, 0.29) is 5.97 Å². The molecule has 0 amide bonds. The SMILES string of the molecule is CCOCCCCc1cc(C(=O)OCC)ccc1I. The fourth-order valence-electron chi connectivity index (χ4n) is 1.77. The van der Waals surface area contributed by atoms with Crippen LogP contribution in [0.1, 0.15) is 42.6 Å². The summed E-state index contributed by atoms with van der Waals surface area (Å²) in [5.41, 5.74) is 1.85. The van der Waals surface area contributed by atoms with Gasteiger partial charge in [0, 0.05) is 16.8 Å². The number of aryl methyl sites for hydroxylation is 1. The van der Waals surface area contributed by atoms with Gasteiger partial charge in [0.25, 0.3) is 0 Å². The minimum atomic E-state index is -0.241. The van der Waals surface area contributed by atoms with Crippen LogP contribution in [0.3, 0.4) is 0 Å². The van der Waals surface area contributed by atoms with Crippen LogP contribution in [-0.4, -0.2) is 25.8 Å². The van der Waals surface area contributed by atoms with Crippen molar-refractivity contribution < 1.29 is 14.3 Å². The molecule has 0 heterocycles. The van der Waals surface area contributed by atoms with Crippen molar-refractivity contribution in [1.29, 1.82) is 0 Å². The van der Waals surface area contributed by atoms with Crippen molar-refractivity contribution >= 4 is 28.6 Å². The third-order valence-electron chi connectivity index (χ3n) is 2.75. The molecule has 1 aromatic rings. The Bertz CT molecular complexity index is 404. The van der Waals surface area contributed by atoms with Crippen LogP contribution in [0.25, 0.3) is 0 Å². The molecule has 19 heavy (non-hydrogen) atoms. The Morgan fingerprint density at radius 1 is 1.21 bits per heavy atom. The summed E-state index contributed by atoms with van der Waals surface area (Å²) in [6.45, 7) is 5.82. The Balaban J connectivity index is 2.56. The first-order valence-electron chi connectivity index (χ1n) is 6.72. The number of rotatable bonds is 8. The Morgan fingerprint density at radius 3 is 2.68 bits per heavy atom. The molecule has 4 heteroatoms. The van der Waals surface area contributed by atoms with E-state index in [2.05, 4.69) is 22.6 Å². The van der Waals surface area contributed by atoms with E-state index >= 15 is 0 Å². The lowest BCUT2D eigenvalue weighted by Crippen LogP contribution is -2.06. The number of unbranched alkanes of at least 4 members (excludes halogenated alkanes) is 1. The lowest BCUT2D eigenvalue weighted by molar-refractivity contribution is 0.0526. The maximum Gasteiger partial charge on any atom is 0.338 e. The predicted molar refractivity (Wildman–Crippen MR) is 84.5 cm³/mol. The van der Waals surface area contributed by atoms with Gasteiger partial charge in [-0.3, -0.25) is 0 Å². The van der Waals surface area contributed by atoms with Crippen LogP contribution in [0.2, 0.25) is 0 Å². The zero-order chi connectivity index (χ0) is 14.1. The molecular weight excluding hydrogens is 355 g/mol. The van der Waals surface area contributed by atoms with Gasteiger partial charge in [-0.05, 0) is 79.5 Å². The van der Waals surface area contributed by atoms with Gasteiger partial charge in [-0.1, -0.05) is 0 Å². The van der Waals surface area contributed by atoms with Crippen molar-refractivity contribution in [3.05, 3.63) is 32.9 Å². The van der Waals surface area contributed by atoms with Crippen LogP contribution in [0, 0.1) is 3.57 Å². The van der Waals surface area contributed by atoms with E-state index in [0.29, 0.717) is 12.2 Å². The summed E-state index contributed by atoms with van der Waals surface area (Å²) in [6, 6.07) is 5.74. The molecule has 0 spiro atoms. The largest absolute Gasteiger partial charge is 0.462 e. The highest BCUT2D eigenvalue weighted by Crippen LogP contribution is 2.17. The van der Waals surface area contributed by atoms with Gasteiger partial charge in [-0.25, -0.2) is 4.79 Å². The molecule has 0 aliphatic heterocycles. The van der Waals surface area contributed by atoms with Gasteiger partial charge in [0.2, 0.25) is 0 Å². The maximum atomic E-state index is 11.7. The van der Waals surface area contributed by atoms with Crippen molar-refractivity contribution in [2.75, 3.05) is 19.8 Å². The van der Waals surface area contributed by atoms with Crippen molar-refractivity contribution in [1.82, 2.24) is 0 Å². The Hall–Kier alpha value is -0.620. The number of halogens is 1. The van der Waals surface area contributed by atoms with Gasteiger partial charge >= 0.3 is 5.97 Å². The molecule has 0 N–H and O–H groups in total. The minimum Gasteiger partial charge on any atom is -0.462 e. The van der Waals surface area contributed by atoms with Crippen molar-refractivity contribution in [3.63, 3.8) is 0 Å². The number of carbonyl (C=O) groups excluding carboxylic acids is 1. The van der Waals surface area contributed by atoms with Gasteiger partial charge in [0.05, 0.1) is 12.2 Å². The molecule has 0 radical (unpaired) electrons. The van der Waals surface area contributed by atoms with E-state index in [1.165, 1.54) is 9.13 Å². The average molecular weight is 376 g/mol. The van der Waals surface area contributed by atoms with Gasteiger partial charge in [0.15, 0.2) is 0 Å². The first kappa shape index (κ1) is 16.4. The molecular formula is C15H21IO3. The number of esters is 1. The van der Waals surface area contributed by atoms with Crippen LogP contribution in [0.5, 0.6) is 0 Å². The predicted octanol–water partition coefficient (Wildman–Crippen LogP) is 3.83. The Kier molecular flexibility index (Phi) is 8.05. The fraction of sp³-hybridized carbons (Fsp3) is 0.533. The van der Waals surface area contributed by atoms with E-state index < -0.39 is 0 Å². The molecule has 1 aromatic carbocycles. The second kappa shape index (κ2) is 9.31. The molecule has 0 fully saturated rings. The molecule has 3 nitrogen and oxygen atoms in total. The zero-order valence-corrected chi connectivity index (χ0v) is 13.7. The molecule has 0 bridgehead atoms. The summed E-state index contributed by atoms with van der Waals surface area (Å²) in [5, 5.41) is 0. The molecule has 106 valence electrons. The van der Waals surface area contributed by atoms with Crippen LogP contribution in [-0.2, 0) is 15.9 Å². The zero-order valence-electron chi connectivity index (χ0n) is 11.6. The van der Waals surface area contributed by atoms with Gasteiger partial charge < -0.3 is 9.47 Å². The molecule has 0 aliphatic carbocycles. The van der Waals surface area contributed by atoms with Crippen molar-refractivity contribution in [2.45, 2.75) is 33.1 Å². The highest BCUT2D eigenvalue weighted by atomic mass is 127. The number of hydrogen-bond donors (Lipinski definition) is 0. The monoisotopic (exact) mass is 376 g/mol. The highest BCUT2D eigenvalue weighted by Gasteiger charge is 2.09. The van der Waals surface area contributed by atoms with Crippen LogP contribution >= 0.6 is 22.6 Å². The number of hydrogen-bond acceptors (Lipinski definition) is 3. The summed E-state index contributed by atoms with van der Waals surface area (Å²) < 4.78 is 11.5. The molecule has 0 saturated heterocycles. The normalized spacial score (nSPS) is 10.5. The smallest absolute Gasteiger partial charge is 0.338 e. The summed E-state index contributed by atoms with van der Waals surface area (Å²) >= 11 is 2.31. The Labute approximate surface area is 128 Å². The second-order valence-electron chi connectivity index (χ2n) is 4.18. The molecule has 0 aliphatic rings. The van der Waals surface area contributed by atoms with E-state index in [0.717, 1.165) is 32.5 Å². The van der Waals surface area contributed by atoms with Crippen LogP contribution in [0.4, 0.5) is 0 Å². The van der Waals surface area contributed by atoms with Crippen LogP contribution in [0.15, 0.2) is 18.2 Å². The summed E-state index contributed by atoms with van der Waals surface area (Å²) in [4.78, 5) is 11.7. The van der Waals surface area contributed by atoms with Crippen molar-refractivity contribution in [3.8, 4) is 0 Å². The molecule has 0 atom stereocenters. The highest BCUT2D eigenvalue weighted by molar-refractivity contribution is 14.1. The second-order valence-corrected chi connectivity index (χ2v) is 5.34. The lowest BCUT2D eigenvalue weighted by atomic mass is 10.1. The summed E-state index contributed by atoms with van der Waals surface area (Å²) in [5.74, 6) is -0.241. The third kappa shape index (κ3) is 5.91. The van der Waals surface area contributed by atoms with E-state index in [9.17, 15) is 4.79 Å². The van der Waals surface area contributed by atoms with Gasteiger partial charge in [0.1, 0.15) is 0 Å². The van der Waals surface area contributed by atoms with Gasteiger partial charge in [-0.2, -0.15) is 0 Å². The standard InChI is InChI=1S/C15H21IO3/c1-3-18-10-6-5-7-12-11-13(8-9-14(12)16)15(17)19-4-2/h8-9,11H,3-7,10H2,1-2H3. The fourth-order valence-corrected chi connectivity index (χ4v) is 2.38. The number of benzene rings is 1. The quantitative estimate of drug-likeness (QED) is 0.393. The number of ether oxygens (including phenoxy) is 2. The minimum absolute atomic E-state index is 0.241. The summed E-state index contributed by atoms with van der Waals surface area (Å²) in [6.07, 6.45) is 3.09. The molecule has 0 aromatic heterocycles. The average Bonchev–Trinajstić information content (AvgIpc) is 2.40. The first-order valence-corrected chi connectivity index (χ1v) is 7.80. The van der Waals surface area contributed by atoms with E-state index in [1.807, 2.05) is 32.0 Å². The first-order chi connectivity index (χ1) is 9.19. The maximum absolute atomic E-state index is 11.7. The van der Waals surface area contributed by atoms with Crippen molar-refractivity contribution in [2.24, 2.45) is 0 Å². The third-order valence-corrected chi connectivity index (χ3v) is 3.80. The van der Waals surface area contributed by atoms with E-state index in [1.54, 1.807) is 0 Å². The van der Waals surface area contributed by atoms with Gasteiger partial charge in [-0.15, -0.1) is 0 Å². The molecule has 0 unspecified atom stereocenters. The number of carbonyl (C=O) groups is 1. The topological polar surface area (TPSA) is 35.5 Å². The molecule has 1 rings (SSSR count). The Morgan fingerprint density at radius 2 is 2.00 bits per heavy atom.